The second-order valence-electron chi connectivity index (χ2n) is 9.93. The van der Waals surface area contributed by atoms with Gasteiger partial charge in [-0.3, -0.25) is 0 Å². The van der Waals surface area contributed by atoms with Crippen LogP contribution in [-0.4, -0.2) is 35.8 Å². The highest BCUT2D eigenvalue weighted by Gasteiger charge is 2.38. The molecule has 1 aliphatic heterocycles. The minimum absolute atomic E-state index is 0.0982. The van der Waals surface area contributed by atoms with E-state index in [1.807, 2.05) is 30.3 Å². The Morgan fingerprint density at radius 1 is 0.917 bits per heavy atom. The van der Waals surface area contributed by atoms with Crippen molar-refractivity contribution in [2.24, 2.45) is 5.92 Å². The quantitative estimate of drug-likeness (QED) is 0.397. The van der Waals surface area contributed by atoms with Gasteiger partial charge in [0.1, 0.15) is 5.60 Å². The van der Waals surface area contributed by atoms with Gasteiger partial charge < -0.3 is 14.4 Å². The molecule has 1 saturated heterocycles. The van der Waals surface area contributed by atoms with Crippen LogP contribution in [-0.2, 0) is 34.9 Å². The summed E-state index contributed by atoms with van der Waals surface area (Å²) in [5, 5.41) is 0. The zero-order valence-electron chi connectivity index (χ0n) is 20.2. The lowest BCUT2D eigenvalue weighted by Crippen LogP contribution is -2.49. The average molecular weight is 518 g/mol. The number of hydrogen-bond acceptors (Lipinski definition) is 3. The number of alkyl halides is 6. The van der Waals surface area contributed by atoms with Gasteiger partial charge in [0.2, 0.25) is 0 Å². The van der Waals surface area contributed by atoms with Crippen molar-refractivity contribution in [2.45, 2.75) is 64.3 Å². The number of ether oxygens (including phenoxy) is 2. The number of piperidine rings is 1. The van der Waals surface area contributed by atoms with Crippen molar-refractivity contribution in [3.8, 4) is 0 Å². The van der Waals surface area contributed by atoms with Gasteiger partial charge in [0.25, 0.3) is 0 Å². The fraction of sp³-hybridized carbons (Fsp3) is 0.500. The van der Waals surface area contributed by atoms with E-state index in [1.54, 1.807) is 25.7 Å². The Hall–Kier alpha value is -2.75. The molecule has 0 radical (unpaired) electrons. The lowest BCUT2D eigenvalue weighted by molar-refractivity contribution is -0.143. The fourth-order valence-electron chi connectivity index (χ4n) is 4.14. The summed E-state index contributed by atoms with van der Waals surface area (Å²) in [6, 6.07) is 10.9. The first-order chi connectivity index (χ1) is 16.6. The Kier molecular flexibility index (Phi) is 8.27. The van der Waals surface area contributed by atoms with Gasteiger partial charge in [0.15, 0.2) is 0 Å². The van der Waals surface area contributed by atoms with Crippen molar-refractivity contribution >= 4 is 6.09 Å². The van der Waals surface area contributed by atoms with Crippen molar-refractivity contribution in [1.29, 1.82) is 0 Å². The molecule has 2 unspecified atom stereocenters. The minimum Gasteiger partial charge on any atom is -0.444 e. The van der Waals surface area contributed by atoms with Crippen molar-refractivity contribution in [1.82, 2.24) is 4.90 Å². The average Bonchev–Trinajstić information content (AvgIpc) is 2.76. The molecule has 198 valence electrons. The molecule has 4 nitrogen and oxygen atoms in total. The summed E-state index contributed by atoms with van der Waals surface area (Å²) < 4.78 is 90.7. The monoisotopic (exact) mass is 517 g/mol. The summed E-state index contributed by atoms with van der Waals surface area (Å²) in [5.41, 5.74) is -2.68. The first kappa shape index (κ1) is 27.8. The zero-order chi connectivity index (χ0) is 26.7. The number of hydrogen-bond donors (Lipinski definition) is 0. The summed E-state index contributed by atoms with van der Waals surface area (Å²) in [6.45, 7) is 5.42. The molecule has 36 heavy (non-hydrogen) atoms. The molecule has 1 heterocycles. The lowest BCUT2D eigenvalue weighted by atomic mass is 9.88. The number of rotatable bonds is 5. The summed E-state index contributed by atoms with van der Waals surface area (Å²) in [5.74, 6) is -0.235. The molecule has 1 fully saturated rings. The van der Waals surface area contributed by atoms with Gasteiger partial charge in [-0.25, -0.2) is 4.79 Å². The standard InChI is InChI=1S/C26H29F6NO3/c1-24(2,3)36-23(34)33-10-9-22(19(15-33)11-17-7-5-4-6-8-17)35-16-18-12-20(25(27,28)29)14-21(13-18)26(30,31)32/h4-8,12-14,19,22H,9-11,15-16H2,1-3H3. The fourth-order valence-corrected chi connectivity index (χ4v) is 4.14. The molecule has 0 aromatic heterocycles. The summed E-state index contributed by atoms with van der Waals surface area (Å²) in [7, 11) is 0. The lowest BCUT2D eigenvalue weighted by Gasteiger charge is -2.39. The molecular formula is C26H29F6NO3. The maximum Gasteiger partial charge on any atom is 0.416 e. The van der Waals surface area contributed by atoms with Crippen LogP contribution in [0.15, 0.2) is 48.5 Å². The van der Waals surface area contributed by atoms with Gasteiger partial charge in [-0.05, 0) is 62.9 Å². The highest BCUT2D eigenvalue weighted by molar-refractivity contribution is 5.68. The van der Waals surface area contributed by atoms with E-state index in [-0.39, 0.29) is 24.1 Å². The molecule has 10 heteroatoms. The summed E-state index contributed by atoms with van der Waals surface area (Å²) in [4.78, 5) is 14.2. The van der Waals surface area contributed by atoms with Crippen LogP contribution in [0.4, 0.5) is 31.1 Å². The first-order valence-corrected chi connectivity index (χ1v) is 11.5. The van der Waals surface area contributed by atoms with Crippen molar-refractivity contribution in [2.75, 3.05) is 13.1 Å². The maximum atomic E-state index is 13.2. The van der Waals surface area contributed by atoms with Gasteiger partial charge >= 0.3 is 18.4 Å². The van der Waals surface area contributed by atoms with E-state index in [4.69, 9.17) is 9.47 Å². The third-order valence-electron chi connectivity index (χ3n) is 5.77. The molecule has 0 aliphatic carbocycles. The largest absolute Gasteiger partial charge is 0.444 e. The van der Waals surface area contributed by atoms with E-state index in [2.05, 4.69) is 0 Å². The number of benzene rings is 2. The van der Waals surface area contributed by atoms with E-state index >= 15 is 0 Å². The number of nitrogens with zero attached hydrogens (tertiary/aromatic N) is 1. The molecule has 0 N–H and O–H groups in total. The van der Waals surface area contributed by atoms with E-state index < -0.39 is 47.9 Å². The molecule has 2 atom stereocenters. The molecule has 0 spiro atoms. The van der Waals surface area contributed by atoms with Crippen LogP contribution in [0.2, 0.25) is 0 Å². The molecular weight excluding hydrogens is 488 g/mol. The van der Waals surface area contributed by atoms with Crippen LogP contribution in [0, 0.1) is 5.92 Å². The molecule has 1 amide bonds. The van der Waals surface area contributed by atoms with Crippen molar-refractivity contribution in [3.63, 3.8) is 0 Å². The second-order valence-corrected chi connectivity index (χ2v) is 9.93. The van der Waals surface area contributed by atoms with E-state index in [9.17, 15) is 31.1 Å². The molecule has 0 saturated carbocycles. The third-order valence-corrected chi connectivity index (χ3v) is 5.77. The molecule has 1 aliphatic rings. The Balaban J connectivity index is 1.79. The van der Waals surface area contributed by atoms with E-state index in [1.165, 1.54) is 0 Å². The van der Waals surface area contributed by atoms with Gasteiger partial charge in [-0.1, -0.05) is 30.3 Å². The second kappa shape index (κ2) is 10.7. The third kappa shape index (κ3) is 7.88. The first-order valence-electron chi connectivity index (χ1n) is 11.5. The predicted octanol–water partition coefficient (Wildman–Crippen LogP) is 7.11. The number of carbonyl (C=O) groups is 1. The van der Waals surface area contributed by atoms with Crippen molar-refractivity contribution < 1.29 is 40.6 Å². The zero-order valence-corrected chi connectivity index (χ0v) is 20.2. The number of halogens is 6. The SMILES string of the molecule is CC(C)(C)OC(=O)N1CCC(OCc2cc(C(F)(F)F)cc(C(F)(F)F)c2)C(Cc2ccccc2)C1. The van der Waals surface area contributed by atoms with Gasteiger partial charge in [-0.15, -0.1) is 0 Å². The smallest absolute Gasteiger partial charge is 0.416 e. The topological polar surface area (TPSA) is 38.8 Å². The van der Waals surface area contributed by atoms with Gasteiger partial charge in [0.05, 0.1) is 23.8 Å². The van der Waals surface area contributed by atoms with E-state index in [0.717, 1.165) is 5.56 Å². The van der Waals surface area contributed by atoms with Crippen LogP contribution < -0.4 is 0 Å². The highest BCUT2D eigenvalue weighted by Crippen LogP contribution is 2.37. The normalized spacial score (nSPS) is 19.3. The Morgan fingerprint density at radius 3 is 2.03 bits per heavy atom. The van der Waals surface area contributed by atoms with Gasteiger partial charge in [-0.2, -0.15) is 26.3 Å². The Morgan fingerprint density at radius 2 is 1.50 bits per heavy atom. The summed E-state index contributed by atoms with van der Waals surface area (Å²) >= 11 is 0. The van der Waals surface area contributed by atoms with Crippen LogP contribution in [0.25, 0.3) is 0 Å². The van der Waals surface area contributed by atoms with Crippen molar-refractivity contribution in [3.05, 3.63) is 70.8 Å². The molecule has 0 bridgehead atoms. The Labute approximate surface area is 206 Å². The Bertz CT molecular complexity index is 998. The number of likely N-dealkylation sites (tertiary alicyclic amines) is 1. The van der Waals surface area contributed by atoms with E-state index in [0.29, 0.717) is 31.5 Å². The minimum atomic E-state index is -4.93. The van der Waals surface area contributed by atoms with Crippen LogP contribution in [0.5, 0.6) is 0 Å². The van der Waals surface area contributed by atoms with Gasteiger partial charge in [0, 0.05) is 19.0 Å². The highest BCUT2D eigenvalue weighted by atomic mass is 19.4. The predicted molar refractivity (Wildman–Crippen MR) is 121 cm³/mol. The number of carbonyl (C=O) groups excluding carboxylic acids is 1. The summed E-state index contributed by atoms with van der Waals surface area (Å²) in [6.07, 6.45) is -9.93. The molecule has 2 aromatic carbocycles. The maximum absolute atomic E-state index is 13.2. The van der Waals surface area contributed by atoms with Crippen LogP contribution in [0.3, 0.4) is 0 Å². The molecule has 3 rings (SSSR count). The van der Waals surface area contributed by atoms with Crippen LogP contribution in [0.1, 0.15) is 49.4 Å². The number of amides is 1. The molecule has 2 aromatic rings. The van der Waals surface area contributed by atoms with Crippen LogP contribution >= 0.6 is 0 Å².